The van der Waals surface area contributed by atoms with Gasteiger partial charge < -0.3 is 4.90 Å². The molecule has 0 bridgehead atoms. The van der Waals surface area contributed by atoms with Gasteiger partial charge in [-0.15, -0.1) is 5.10 Å². The lowest BCUT2D eigenvalue weighted by Gasteiger charge is -2.11. The second kappa shape index (κ2) is 3.80. The first-order chi connectivity index (χ1) is 5.70. The molecule has 4 heteroatoms. The minimum Gasteiger partial charge on any atom is -0.381 e. The van der Waals surface area contributed by atoms with E-state index in [1.165, 1.54) is 6.33 Å². The summed E-state index contributed by atoms with van der Waals surface area (Å²) in [5.41, 5.74) is 1.96. The molecule has 0 aliphatic heterocycles. The van der Waals surface area contributed by atoms with Crippen LogP contribution in [-0.4, -0.2) is 34.2 Å². The highest BCUT2D eigenvalue weighted by molar-refractivity contribution is 5.45. The van der Waals surface area contributed by atoms with E-state index in [2.05, 4.69) is 15.2 Å². The number of nitrogens with zero attached hydrogens (tertiary/aromatic N) is 4. The van der Waals surface area contributed by atoms with Gasteiger partial charge in [0.15, 0.2) is 0 Å². The number of allylic oxidation sites excluding steroid dienone is 1. The van der Waals surface area contributed by atoms with Crippen molar-refractivity contribution >= 4 is 6.08 Å². The topological polar surface area (TPSA) is 41.9 Å². The summed E-state index contributed by atoms with van der Waals surface area (Å²) in [6.07, 6.45) is 5.02. The lowest BCUT2D eigenvalue weighted by molar-refractivity contribution is 0.518. The minimum absolute atomic E-state index is 0.830. The molecule has 0 fully saturated rings. The standard InChI is InChI=1S/C8H12N4/c1-7(12(2)3)4-8-5-10-11-6-9-8/h4-6H,1-3H3/b7-4+. The molecule has 0 radical (unpaired) electrons. The Morgan fingerprint density at radius 2 is 2.17 bits per heavy atom. The van der Waals surface area contributed by atoms with Crippen LogP contribution in [0, 0.1) is 0 Å². The van der Waals surface area contributed by atoms with Crippen LogP contribution >= 0.6 is 0 Å². The fraction of sp³-hybridized carbons (Fsp3) is 0.375. The summed E-state index contributed by atoms with van der Waals surface area (Å²) < 4.78 is 0. The molecule has 0 amide bonds. The minimum atomic E-state index is 0.830. The fourth-order valence-corrected chi connectivity index (χ4v) is 0.666. The number of aromatic nitrogens is 3. The molecule has 0 saturated heterocycles. The van der Waals surface area contributed by atoms with Gasteiger partial charge in [-0.25, -0.2) is 4.98 Å². The van der Waals surface area contributed by atoms with Crippen molar-refractivity contribution in [3.05, 3.63) is 23.9 Å². The largest absolute Gasteiger partial charge is 0.381 e. The molecular formula is C8H12N4. The lowest BCUT2D eigenvalue weighted by Crippen LogP contribution is -2.07. The molecule has 1 rings (SSSR count). The molecule has 1 aromatic heterocycles. The van der Waals surface area contributed by atoms with E-state index in [4.69, 9.17) is 0 Å². The second-order valence-corrected chi connectivity index (χ2v) is 2.71. The summed E-state index contributed by atoms with van der Waals surface area (Å²) in [7, 11) is 3.97. The van der Waals surface area contributed by atoms with Gasteiger partial charge in [-0.3, -0.25) is 0 Å². The summed E-state index contributed by atoms with van der Waals surface area (Å²) in [6.45, 7) is 2.02. The summed E-state index contributed by atoms with van der Waals surface area (Å²) in [5, 5.41) is 7.32. The van der Waals surface area contributed by atoms with E-state index in [-0.39, 0.29) is 0 Å². The van der Waals surface area contributed by atoms with E-state index in [1.54, 1.807) is 6.20 Å². The van der Waals surface area contributed by atoms with Gasteiger partial charge in [-0.05, 0) is 13.0 Å². The van der Waals surface area contributed by atoms with Crippen LogP contribution in [0.2, 0.25) is 0 Å². The smallest absolute Gasteiger partial charge is 0.138 e. The molecule has 4 nitrogen and oxygen atoms in total. The van der Waals surface area contributed by atoms with Crippen molar-refractivity contribution in [1.82, 2.24) is 20.1 Å². The predicted molar refractivity (Wildman–Crippen MR) is 47.2 cm³/mol. The first-order valence-corrected chi connectivity index (χ1v) is 3.68. The zero-order valence-corrected chi connectivity index (χ0v) is 7.52. The average Bonchev–Trinajstić information content (AvgIpc) is 2.06. The first kappa shape index (κ1) is 8.64. The maximum absolute atomic E-state index is 4.02. The Morgan fingerprint density at radius 1 is 1.42 bits per heavy atom. The van der Waals surface area contributed by atoms with E-state index in [9.17, 15) is 0 Å². The molecule has 0 unspecified atom stereocenters. The van der Waals surface area contributed by atoms with Crippen LogP contribution in [0.4, 0.5) is 0 Å². The molecule has 64 valence electrons. The zero-order chi connectivity index (χ0) is 8.97. The molecule has 1 heterocycles. The van der Waals surface area contributed by atoms with Crippen LogP contribution in [0.25, 0.3) is 6.08 Å². The van der Waals surface area contributed by atoms with E-state index in [1.807, 2.05) is 32.0 Å². The highest BCUT2D eigenvalue weighted by atomic mass is 15.1. The van der Waals surface area contributed by atoms with Crippen molar-refractivity contribution in [2.45, 2.75) is 6.92 Å². The fourth-order valence-electron chi connectivity index (χ4n) is 0.666. The summed E-state index contributed by atoms with van der Waals surface area (Å²) in [5.74, 6) is 0. The summed E-state index contributed by atoms with van der Waals surface area (Å²) >= 11 is 0. The highest BCUT2D eigenvalue weighted by Crippen LogP contribution is 2.02. The van der Waals surface area contributed by atoms with E-state index >= 15 is 0 Å². The van der Waals surface area contributed by atoms with Gasteiger partial charge in [0.1, 0.15) is 6.33 Å². The van der Waals surface area contributed by atoms with Gasteiger partial charge in [-0.1, -0.05) is 0 Å². The highest BCUT2D eigenvalue weighted by Gasteiger charge is 1.92. The molecule has 0 saturated carbocycles. The third kappa shape index (κ3) is 2.30. The van der Waals surface area contributed by atoms with Crippen molar-refractivity contribution in [3.8, 4) is 0 Å². The van der Waals surface area contributed by atoms with Crippen molar-refractivity contribution in [1.29, 1.82) is 0 Å². The number of rotatable bonds is 2. The molecule has 0 N–H and O–H groups in total. The van der Waals surface area contributed by atoms with Crippen LogP contribution in [0.5, 0.6) is 0 Å². The summed E-state index contributed by atoms with van der Waals surface area (Å²) in [4.78, 5) is 6.04. The lowest BCUT2D eigenvalue weighted by atomic mass is 10.3. The van der Waals surface area contributed by atoms with E-state index < -0.39 is 0 Å². The Morgan fingerprint density at radius 3 is 2.67 bits per heavy atom. The molecule has 1 aromatic rings. The van der Waals surface area contributed by atoms with Crippen LogP contribution in [0.15, 0.2) is 18.2 Å². The predicted octanol–water partition coefficient (Wildman–Crippen LogP) is 0.794. The normalized spacial score (nSPS) is 11.4. The molecule has 0 aliphatic rings. The van der Waals surface area contributed by atoms with Gasteiger partial charge in [0.05, 0.1) is 11.9 Å². The Labute approximate surface area is 72.0 Å². The molecule has 0 spiro atoms. The van der Waals surface area contributed by atoms with Gasteiger partial charge in [0.2, 0.25) is 0 Å². The van der Waals surface area contributed by atoms with E-state index in [0.29, 0.717) is 0 Å². The van der Waals surface area contributed by atoms with Crippen molar-refractivity contribution < 1.29 is 0 Å². The van der Waals surface area contributed by atoms with Crippen molar-refractivity contribution in [2.75, 3.05) is 14.1 Å². The van der Waals surface area contributed by atoms with Crippen molar-refractivity contribution in [2.24, 2.45) is 0 Å². The van der Waals surface area contributed by atoms with Gasteiger partial charge >= 0.3 is 0 Å². The Hall–Kier alpha value is -1.45. The van der Waals surface area contributed by atoms with Gasteiger partial charge in [-0.2, -0.15) is 5.10 Å². The molecular weight excluding hydrogens is 152 g/mol. The van der Waals surface area contributed by atoms with E-state index in [0.717, 1.165) is 11.4 Å². The molecule has 0 aromatic carbocycles. The monoisotopic (exact) mass is 164 g/mol. The molecule has 0 aliphatic carbocycles. The number of hydrogen-bond acceptors (Lipinski definition) is 4. The SMILES string of the molecule is C/C(=C\c1cnncn1)N(C)C. The van der Waals surface area contributed by atoms with Gasteiger partial charge in [0.25, 0.3) is 0 Å². The first-order valence-electron chi connectivity index (χ1n) is 3.68. The molecule has 12 heavy (non-hydrogen) atoms. The third-order valence-corrected chi connectivity index (χ3v) is 1.58. The average molecular weight is 164 g/mol. The Kier molecular flexibility index (Phi) is 2.74. The maximum atomic E-state index is 4.02. The Bertz CT molecular complexity index is 266. The second-order valence-electron chi connectivity index (χ2n) is 2.71. The molecule has 0 atom stereocenters. The zero-order valence-electron chi connectivity index (χ0n) is 7.52. The van der Waals surface area contributed by atoms with Crippen LogP contribution in [0.3, 0.4) is 0 Å². The van der Waals surface area contributed by atoms with Crippen molar-refractivity contribution in [3.63, 3.8) is 0 Å². The Balaban J connectivity index is 2.81. The van der Waals surface area contributed by atoms with Crippen LogP contribution in [-0.2, 0) is 0 Å². The van der Waals surface area contributed by atoms with Gasteiger partial charge in [0, 0.05) is 19.8 Å². The van der Waals surface area contributed by atoms with Crippen LogP contribution < -0.4 is 0 Å². The maximum Gasteiger partial charge on any atom is 0.138 e. The van der Waals surface area contributed by atoms with Crippen LogP contribution in [0.1, 0.15) is 12.6 Å². The number of hydrogen-bond donors (Lipinski definition) is 0. The quantitative estimate of drug-likeness (QED) is 0.648. The third-order valence-electron chi connectivity index (χ3n) is 1.58. The summed E-state index contributed by atoms with van der Waals surface area (Å²) in [6, 6.07) is 0.